The van der Waals surface area contributed by atoms with Crippen molar-refractivity contribution in [3.8, 4) is 0 Å². The van der Waals surface area contributed by atoms with Gasteiger partial charge in [0.25, 0.3) is 0 Å². The normalized spacial score (nSPS) is 23.5. The Bertz CT molecular complexity index is 233. The van der Waals surface area contributed by atoms with Crippen molar-refractivity contribution in [2.75, 3.05) is 19.6 Å². The first-order chi connectivity index (χ1) is 8.19. The maximum Gasteiger partial charge on any atom is 0.234 e. The highest BCUT2D eigenvalue weighted by molar-refractivity contribution is 5.79. The van der Waals surface area contributed by atoms with Crippen molar-refractivity contribution in [2.45, 2.75) is 58.0 Å². The fraction of sp³-hybridized carbons (Fsp3) is 0.923. The van der Waals surface area contributed by atoms with Crippen molar-refractivity contribution in [3.05, 3.63) is 0 Å². The van der Waals surface area contributed by atoms with Crippen molar-refractivity contribution in [1.29, 1.82) is 0 Å². The summed E-state index contributed by atoms with van der Waals surface area (Å²) in [6.45, 7) is 7.21. The van der Waals surface area contributed by atoms with Gasteiger partial charge in [0, 0.05) is 12.6 Å². The first kappa shape index (κ1) is 14.5. The van der Waals surface area contributed by atoms with E-state index in [0.29, 0.717) is 6.04 Å². The van der Waals surface area contributed by atoms with Gasteiger partial charge in [-0.3, -0.25) is 4.79 Å². The molecule has 0 saturated carbocycles. The maximum atomic E-state index is 11.3. The second-order valence-corrected chi connectivity index (χ2v) is 4.90. The number of primary amides is 1. The molecule has 0 aromatic carbocycles. The number of likely N-dealkylation sites (tertiary alicyclic amines) is 1. The van der Waals surface area contributed by atoms with Gasteiger partial charge >= 0.3 is 0 Å². The van der Waals surface area contributed by atoms with Crippen LogP contribution >= 0.6 is 0 Å². The van der Waals surface area contributed by atoms with Gasteiger partial charge in [0.15, 0.2) is 0 Å². The molecule has 0 aromatic rings. The lowest BCUT2D eigenvalue weighted by atomic mass is 9.99. The third-order valence-corrected chi connectivity index (χ3v) is 3.72. The second kappa shape index (κ2) is 7.67. The average molecular weight is 241 g/mol. The van der Waals surface area contributed by atoms with Crippen LogP contribution in [0.2, 0.25) is 0 Å². The molecule has 1 amide bonds. The van der Waals surface area contributed by atoms with E-state index in [0.717, 1.165) is 19.5 Å². The zero-order valence-electron chi connectivity index (χ0n) is 11.2. The van der Waals surface area contributed by atoms with Crippen molar-refractivity contribution in [2.24, 2.45) is 5.73 Å². The van der Waals surface area contributed by atoms with Crippen LogP contribution in [0, 0.1) is 0 Å². The largest absolute Gasteiger partial charge is 0.368 e. The number of amides is 1. The molecule has 3 N–H and O–H groups in total. The van der Waals surface area contributed by atoms with Crippen LogP contribution in [0.4, 0.5) is 0 Å². The molecular formula is C13H27N3O. The molecule has 0 aliphatic carbocycles. The van der Waals surface area contributed by atoms with E-state index in [1.807, 2.05) is 6.92 Å². The van der Waals surface area contributed by atoms with E-state index in [9.17, 15) is 4.79 Å². The predicted octanol–water partition coefficient (Wildman–Crippen LogP) is 1.10. The summed E-state index contributed by atoms with van der Waals surface area (Å²) in [6, 6.07) is 0.540. The highest BCUT2D eigenvalue weighted by Crippen LogP contribution is 2.19. The minimum absolute atomic E-state index is 0.167. The summed E-state index contributed by atoms with van der Waals surface area (Å²) in [5.74, 6) is -0.225. The maximum absolute atomic E-state index is 11.3. The second-order valence-electron chi connectivity index (χ2n) is 4.90. The van der Waals surface area contributed by atoms with Gasteiger partial charge in [0.1, 0.15) is 0 Å². The first-order valence-corrected chi connectivity index (χ1v) is 6.95. The number of nitrogens with two attached hydrogens (primary N) is 1. The Morgan fingerprint density at radius 3 is 2.82 bits per heavy atom. The Morgan fingerprint density at radius 2 is 2.24 bits per heavy atom. The van der Waals surface area contributed by atoms with Gasteiger partial charge in [0.05, 0.1) is 6.04 Å². The average Bonchev–Trinajstić information content (AvgIpc) is 2.34. The number of hydrogen-bond donors (Lipinski definition) is 2. The SMILES string of the molecule is CCNC(CCN1CCCCC1CC)C(N)=O. The molecule has 4 nitrogen and oxygen atoms in total. The molecule has 1 fully saturated rings. The molecule has 100 valence electrons. The van der Waals surface area contributed by atoms with Crippen LogP contribution in [-0.4, -0.2) is 42.5 Å². The first-order valence-electron chi connectivity index (χ1n) is 6.95. The van der Waals surface area contributed by atoms with Crippen LogP contribution in [0.25, 0.3) is 0 Å². The Hall–Kier alpha value is -0.610. The van der Waals surface area contributed by atoms with Crippen molar-refractivity contribution in [1.82, 2.24) is 10.2 Å². The van der Waals surface area contributed by atoms with E-state index in [-0.39, 0.29) is 11.9 Å². The molecule has 1 heterocycles. The number of nitrogens with one attached hydrogen (secondary N) is 1. The molecule has 17 heavy (non-hydrogen) atoms. The third-order valence-electron chi connectivity index (χ3n) is 3.72. The van der Waals surface area contributed by atoms with E-state index in [4.69, 9.17) is 5.73 Å². The summed E-state index contributed by atoms with van der Waals surface area (Å²) in [5.41, 5.74) is 5.39. The van der Waals surface area contributed by atoms with E-state index in [1.54, 1.807) is 0 Å². The highest BCUT2D eigenvalue weighted by atomic mass is 16.1. The predicted molar refractivity (Wildman–Crippen MR) is 70.8 cm³/mol. The van der Waals surface area contributed by atoms with Gasteiger partial charge in [-0.2, -0.15) is 0 Å². The smallest absolute Gasteiger partial charge is 0.234 e. The zero-order valence-corrected chi connectivity index (χ0v) is 11.2. The monoisotopic (exact) mass is 241 g/mol. The van der Waals surface area contributed by atoms with Gasteiger partial charge in [-0.1, -0.05) is 20.3 Å². The quantitative estimate of drug-likeness (QED) is 0.702. The molecule has 0 radical (unpaired) electrons. The molecule has 0 bridgehead atoms. The minimum Gasteiger partial charge on any atom is -0.368 e. The van der Waals surface area contributed by atoms with E-state index >= 15 is 0 Å². The van der Waals surface area contributed by atoms with E-state index in [1.165, 1.54) is 32.2 Å². The molecule has 0 spiro atoms. The third kappa shape index (κ3) is 4.64. The molecule has 1 aliphatic heterocycles. The molecule has 1 rings (SSSR count). The fourth-order valence-corrected chi connectivity index (χ4v) is 2.70. The van der Waals surface area contributed by atoms with Gasteiger partial charge < -0.3 is 16.0 Å². The standard InChI is InChI=1S/C13H27N3O/c1-3-11-7-5-6-9-16(11)10-8-12(13(14)17)15-4-2/h11-12,15H,3-10H2,1-2H3,(H2,14,17). The minimum atomic E-state index is -0.225. The number of piperidine rings is 1. The van der Waals surface area contributed by atoms with Crippen LogP contribution in [0.1, 0.15) is 46.0 Å². The van der Waals surface area contributed by atoms with E-state index in [2.05, 4.69) is 17.1 Å². The van der Waals surface area contributed by atoms with Crippen molar-refractivity contribution in [3.63, 3.8) is 0 Å². The summed E-state index contributed by atoms with van der Waals surface area (Å²) in [7, 11) is 0. The lowest BCUT2D eigenvalue weighted by Gasteiger charge is -2.35. The lowest BCUT2D eigenvalue weighted by Crippen LogP contribution is -2.46. The Balaban J connectivity index is 2.38. The van der Waals surface area contributed by atoms with Gasteiger partial charge in [-0.05, 0) is 38.8 Å². The van der Waals surface area contributed by atoms with Crippen LogP contribution in [0.5, 0.6) is 0 Å². The molecule has 2 unspecified atom stereocenters. The Kier molecular flexibility index (Phi) is 6.52. The number of rotatable bonds is 7. The summed E-state index contributed by atoms with van der Waals surface area (Å²) in [5, 5.41) is 3.15. The fourth-order valence-electron chi connectivity index (χ4n) is 2.70. The van der Waals surface area contributed by atoms with E-state index < -0.39 is 0 Å². The highest BCUT2D eigenvalue weighted by Gasteiger charge is 2.22. The number of hydrogen-bond acceptors (Lipinski definition) is 3. The number of carbonyl (C=O) groups is 1. The van der Waals surface area contributed by atoms with Crippen molar-refractivity contribution >= 4 is 5.91 Å². The molecule has 0 aromatic heterocycles. The number of carbonyl (C=O) groups excluding carboxylic acids is 1. The van der Waals surface area contributed by atoms with Crippen LogP contribution in [-0.2, 0) is 4.79 Å². The molecule has 4 heteroatoms. The van der Waals surface area contributed by atoms with Gasteiger partial charge in [-0.25, -0.2) is 0 Å². The molecule has 1 saturated heterocycles. The topological polar surface area (TPSA) is 58.4 Å². The summed E-state index contributed by atoms with van der Waals surface area (Å²) < 4.78 is 0. The molecule has 1 aliphatic rings. The summed E-state index contributed by atoms with van der Waals surface area (Å²) in [6.07, 6.45) is 5.99. The van der Waals surface area contributed by atoms with Crippen molar-refractivity contribution < 1.29 is 4.79 Å². The number of nitrogens with zero attached hydrogens (tertiary/aromatic N) is 1. The van der Waals surface area contributed by atoms with Gasteiger partial charge in [0.2, 0.25) is 5.91 Å². The van der Waals surface area contributed by atoms with Crippen LogP contribution in [0.15, 0.2) is 0 Å². The van der Waals surface area contributed by atoms with Gasteiger partial charge in [-0.15, -0.1) is 0 Å². The Morgan fingerprint density at radius 1 is 1.47 bits per heavy atom. The Labute approximate surface area is 105 Å². The van der Waals surface area contributed by atoms with Crippen LogP contribution < -0.4 is 11.1 Å². The summed E-state index contributed by atoms with van der Waals surface area (Å²) in [4.78, 5) is 13.8. The molecule has 2 atom stereocenters. The van der Waals surface area contributed by atoms with Crippen LogP contribution in [0.3, 0.4) is 0 Å². The summed E-state index contributed by atoms with van der Waals surface area (Å²) >= 11 is 0. The lowest BCUT2D eigenvalue weighted by molar-refractivity contribution is -0.120. The molecular weight excluding hydrogens is 214 g/mol. The number of likely N-dealkylation sites (N-methyl/N-ethyl adjacent to an activating group) is 1. The zero-order chi connectivity index (χ0) is 12.7.